The van der Waals surface area contributed by atoms with Crippen LogP contribution in [0.4, 0.5) is 0 Å². The van der Waals surface area contributed by atoms with Gasteiger partial charge in [0.05, 0.1) is 6.42 Å². The first-order valence-electron chi connectivity index (χ1n) is 5.71. The summed E-state index contributed by atoms with van der Waals surface area (Å²) in [6.45, 7) is 6.57. The normalized spacial score (nSPS) is 14.8. The molecule has 2 N–H and O–H groups in total. The summed E-state index contributed by atoms with van der Waals surface area (Å²) >= 11 is 0. The van der Waals surface area contributed by atoms with E-state index >= 15 is 0 Å². The molecule has 1 aromatic heterocycles. The molecule has 0 saturated carbocycles. The summed E-state index contributed by atoms with van der Waals surface area (Å²) in [4.78, 5) is 16.0. The molecule has 0 aliphatic rings. The SMILES string of the molecule is CCCn1ncnc1CC(=O)C(C)C(C)N. The number of ketones is 1. The Morgan fingerprint density at radius 2 is 2.25 bits per heavy atom. The van der Waals surface area contributed by atoms with E-state index in [9.17, 15) is 4.79 Å². The van der Waals surface area contributed by atoms with Crippen LogP contribution in [0.1, 0.15) is 33.0 Å². The van der Waals surface area contributed by atoms with Crippen LogP contribution in [0.25, 0.3) is 0 Å². The van der Waals surface area contributed by atoms with Gasteiger partial charge in [0.1, 0.15) is 17.9 Å². The minimum absolute atomic E-state index is 0.116. The first-order valence-corrected chi connectivity index (χ1v) is 5.71. The molecule has 0 fully saturated rings. The second-order valence-electron chi connectivity index (χ2n) is 4.19. The van der Waals surface area contributed by atoms with Crippen LogP contribution < -0.4 is 5.73 Å². The molecule has 1 aromatic rings. The van der Waals surface area contributed by atoms with Crippen molar-refractivity contribution in [3.63, 3.8) is 0 Å². The van der Waals surface area contributed by atoms with E-state index in [0.717, 1.165) is 18.8 Å². The molecule has 2 unspecified atom stereocenters. The van der Waals surface area contributed by atoms with Gasteiger partial charge >= 0.3 is 0 Å². The molecule has 90 valence electrons. The lowest BCUT2D eigenvalue weighted by atomic mass is 9.97. The molecule has 2 atom stereocenters. The number of hydrogen-bond donors (Lipinski definition) is 1. The maximum absolute atomic E-state index is 11.8. The molecular formula is C11H20N4O. The lowest BCUT2D eigenvalue weighted by molar-refractivity contribution is -0.122. The minimum atomic E-state index is -0.133. The smallest absolute Gasteiger partial charge is 0.144 e. The Morgan fingerprint density at radius 3 is 2.81 bits per heavy atom. The summed E-state index contributed by atoms with van der Waals surface area (Å²) < 4.78 is 1.78. The number of nitrogens with two attached hydrogens (primary N) is 1. The molecule has 0 amide bonds. The van der Waals surface area contributed by atoms with Crippen LogP contribution >= 0.6 is 0 Å². The van der Waals surface area contributed by atoms with Crippen molar-refractivity contribution in [1.29, 1.82) is 0 Å². The third-order valence-electron chi connectivity index (χ3n) is 2.76. The van der Waals surface area contributed by atoms with Crippen LogP contribution in [0.5, 0.6) is 0 Å². The average molecular weight is 224 g/mol. The van der Waals surface area contributed by atoms with Crippen LogP contribution in [0.2, 0.25) is 0 Å². The van der Waals surface area contributed by atoms with E-state index in [1.54, 1.807) is 4.68 Å². The number of aryl methyl sites for hydroxylation is 1. The Hall–Kier alpha value is -1.23. The van der Waals surface area contributed by atoms with E-state index in [1.807, 2.05) is 13.8 Å². The van der Waals surface area contributed by atoms with Crippen molar-refractivity contribution in [2.24, 2.45) is 11.7 Å². The lowest BCUT2D eigenvalue weighted by Gasteiger charge is -2.13. The van der Waals surface area contributed by atoms with E-state index in [-0.39, 0.29) is 17.7 Å². The zero-order chi connectivity index (χ0) is 12.1. The molecule has 5 nitrogen and oxygen atoms in total. The summed E-state index contributed by atoms with van der Waals surface area (Å²) in [7, 11) is 0. The maximum atomic E-state index is 11.8. The number of carbonyl (C=O) groups is 1. The van der Waals surface area contributed by atoms with Crippen molar-refractivity contribution >= 4 is 5.78 Å². The Kier molecular flexibility index (Phi) is 4.61. The van der Waals surface area contributed by atoms with Gasteiger partial charge in [-0.1, -0.05) is 13.8 Å². The second-order valence-corrected chi connectivity index (χ2v) is 4.19. The molecule has 1 rings (SSSR count). The van der Waals surface area contributed by atoms with Gasteiger partial charge in [-0.15, -0.1) is 0 Å². The van der Waals surface area contributed by atoms with E-state index in [0.29, 0.717) is 6.42 Å². The van der Waals surface area contributed by atoms with Crippen molar-refractivity contribution in [3.05, 3.63) is 12.2 Å². The van der Waals surface area contributed by atoms with Gasteiger partial charge in [-0.3, -0.25) is 4.79 Å². The van der Waals surface area contributed by atoms with E-state index in [2.05, 4.69) is 17.0 Å². The predicted octanol–water partition coefficient (Wildman–Crippen LogP) is 0.783. The highest BCUT2D eigenvalue weighted by Gasteiger charge is 2.19. The second kappa shape index (κ2) is 5.75. The van der Waals surface area contributed by atoms with Crippen molar-refractivity contribution in [3.8, 4) is 0 Å². The molecule has 16 heavy (non-hydrogen) atoms. The molecule has 0 bridgehead atoms. The van der Waals surface area contributed by atoms with E-state index in [1.165, 1.54) is 6.33 Å². The first kappa shape index (κ1) is 12.8. The quantitative estimate of drug-likeness (QED) is 0.775. The standard InChI is InChI=1S/C11H20N4O/c1-4-5-15-11(13-7-14-15)6-10(16)8(2)9(3)12/h7-9H,4-6,12H2,1-3H3. The van der Waals surface area contributed by atoms with Gasteiger partial charge in [-0.05, 0) is 13.3 Å². The fraction of sp³-hybridized carbons (Fsp3) is 0.727. The zero-order valence-electron chi connectivity index (χ0n) is 10.2. The highest BCUT2D eigenvalue weighted by Crippen LogP contribution is 2.07. The minimum Gasteiger partial charge on any atom is -0.327 e. The van der Waals surface area contributed by atoms with Gasteiger partial charge < -0.3 is 5.73 Å². The molecule has 0 radical (unpaired) electrons. The largest absolute Gasteiger partial charge is 0.327 e. The van der Waals surface area contributed by atoms with Crippen LogP contribution in [-0.2, 0) is 17.8 Å². The van der Waals surface area contributed by atoms with Gasteiger partial charge in [0, 0.05) is 18.5 Å². The summed E-state index contributed by atoms with van der Waals surface area (Å²) in [6, 6.07) is -0.116. The van der Waals surface area contributed by atoms with Crippen LogP contribution in [0, 0.1) is 5.92 Å². The average Bonchev–Trinajstić information content (AvgIpc) is 2.65. The van der Waals surface area contributed by atoms with E-state index < -0.39 is 0 Å². The Balaban J connectivity index is 2.65. The van der Waals surface area contributed by atoms with Gasteiger partial charge in [-0.2, -0.15) is 5.10 Å². The number of rotatable bonds is 6. The Bertz CT molecular complexity index is 346. The number of Topliss-reactive ketones (excluding diaryl/α,β-unsaturated/α-hetero) is 1. The Morgan fingerprint density at radius 1 is 1.56 bits per heavy atom. The number of hydrogen-bond acceptors (Lipinski definition) is 4. The lowest BCUT2D eigenvalue weighted by Crippen LogP contribution is -2.32. The molecule has 5 heteroatoms. The highest BCUT2D eigenvalue weighted by molar-refractivity contribution is 5.82. The van der Waals surface area contributed by atoms with Crippen LogP contribution in [0.15, 0.2) is 6.33 Å². The molecule has 0 spiro atoms. The van der Waals surface area contributed by atoms with Gasteiger partial charge in [0.2, 0.25) is 0 Å². The third kappa shape index (κ3) is 3.13. The van der Waals surface area contributed by atoms with Gasteiger partial charge in [0.15, 0.2) is 0 Å². The molecule has 0 aliphatic heterocycles. The fourth-order valence-corrected chi connectivity index (χ4v) is 1.43. The van der Waals surface area contributed by atoms with Gasteiger partial charge in [0.25, 0.3) is 0 Å². The summed E-state index contributed by atoms with van der Waals surface area (Å²) in [5.74, 6) is 0.728. The number of aromatic nitrogens is 3. The molecule has 1 heterocycles. The summed E-state index contributed by atoms with van der Waals surface area (Å²) in [5, 5.41) is 4.09. The fourth-order valence-electron chi connectivity index (χ4n) is 1.43. The van der Waals surface area contributed by atoms with Crippen molar-refractivity contribution in [2.45, 2.75) is 46.2 Å². The summed E-state index contributed by atoms with van der Waals surface area (Å²) in [6.07, 6.45) is 2.80. The van der Waals surface area contributed by atoms with E-state index in [4.69, 9.17) is 5.73 Å². The monoisotopic (exact) mass is 224 g/mol. The summed E-state index contributed by atoms with van der Waals surface area (Å²) in [5.41, 5.74) is 5.70. The van der Waals surface area contributed by atoms with Gasteiger partial charge in [-0.25, -0.2) is 9.67 Å². The molecule has 0 saturated heterocycles. The zero-order valence-corrected chi connectivity index (χ0v) is 10.2. The molecular weight excluding hydrogens is 204 g/mol. The van der Waals surface area contributed by atoms with Crippen molar-refractivity contribution < 1.29 is 4.79 Å². The van der Waals surface area contributed by atoms with Crippen molar-refractivity contribution in [1.82, 2.24) is 14.8 Å². The van der Waals surface area contributed by atoms with Crippen molar-refractivity contribution in [2.75, 3.05) is 0 Å². The number of carbonyl (C=O) groups excluding carboxylic acids is 1. The predicted molar refractivity (Wildman–Crippen MR) is 61.8 cm³/mol. The molecule has 0 aliphatic carbocycles. The Labute approximate surface area is 96.0 Å². The first-order chi connectivity index (χ1) is 7.56. The van der Waals surface area contributed by atoms with Crippen LogP contribution in [0.3, 0.4) is 0 Å². The molecule has 0 aromatic carbocycles. The van der Waals surface area contributed by atoms with Crippen LogP contribution in [-0.4, -0.2) is 26.6 Å². The number of nitrogens with zero attached hydrogens (tertiary/aromatic N) is 3. The maximum Gasteiger partial charge on any atom is 0.144 e. The topological polar surface area (TPSA) is 73.8 Å². The third-order valence-corrected chi connectivity index (χ3v) is 2.76. The highest BCUT2D eigenvalue weighted by atomic mass is 16.1.